The molecule has 4 rings (SSSR count). The number of benzene rings is 2. The number of para-hydroxylation sites is 2. The van der Waals surface area contributed by atoms with Crippen molar-refractivity contribution in [2.24, 2.45) is 0 Å². The number of imidazole rings is 1. The summed E-state index contributed by atoms with van der Waals surface area (Å²) < 4.78 is 0. The molecule has 0 unspecified atom stereocenters. The van der Waals surface area contributed by atoms with Crippen LogP contribution in [0.4, 0.5) is 10.5 Å². The first-order valence-electron chi connectivity index (χ1n) is 9.35. The van der Waals surface area contributed by atoms with Crippen molar-refractivity contribution < 1.29 is 4.79 Å². The molecule has 1 saturated heterocycles. The molecule has 0 saturated carbocycles. The fraction of sp³-hybridized carbons (Fsp3) is 0.286. The summed E-state index contributed by atoms with van der Waals surface area (Å²) in [4.78, 5) is 22.8. The summed E-state index contributed by atoms with van der Waals surface area (Å²) in [6.45, 7) is 0.878. The van der Waals surface area contributed by atoms with Crippen molar-refractivity contribution in [1.82, 2.24) is 20.2 Å². The summed E-state index contributed by atoms with van der Waals surface area (Å²) in [6, 6.07) is 16.8. The molecule has 2 aromatic carbocycles. The van der Waals surface area contributed by atoms with Crippen molar-refractivity contribution in [2.75, 3.05) is 18.9 Å². The standard InChI is InChI=1S/C21H22N6O.ClH/c1-27-11-10-16(24-21(28)23-15-8-6-14(13-22)7-9-15)12-19(27)20-25-17-4-2-3-5-18(17)26-20;/h2-9,16,19H,10-12H2,1H3,(H,25,26)(H2,23,24,28);1H/t16-,19-;/m1./s1. The van der Waals surface area contributed by atoms with Crippen molar-refractivity contribution >= 4 is 35.2 Å². The Morgan fingerprint density at radius 1 is 1.24 bits per heavy atom. The van der Waals surface area contributed by atoms with Crippen LogP contribution in [0.25, 0.3) is 11.0 Å². The van der Waals surface area contributed by atoms with Gasteiger partial charge in [0.1, 0.15) is 5.82 Å². The zero-order chi connectivity index (χ0) is 19.5. The number of rotatable bonds is 3. The number of anilines is 1. The number of nitrogens with one attached hydrogen (secondary N) is 3. The van der Waals surface area contributed by atoms with E-state index in [-0.39, 0.29) is 30.5 Å². The van der Waals surface area contributed by atoms with E-state index in [9.17, 15) is 4.79 Å². The lowest BCUT2D eigenvalue weighted by Crippen LogP contribution is -2.46. The van der Waals surface area contributed by atoms with Crippen LogP contribution in [0.3, 0.4) is 0 Å². The van der Waals surface area contributed by atoms with Gasteiger partial charge in [0.15, 0.2) is 0 Å². The Morgan fingerprint density at radius 2 is 2.00 bits per heavy atom. The number of aromatic amines is 1. The van der Waals surface area contributed by atoms with Gasteiger partial charge in [-0.15, -0.1) is 12.4 Å². The number of carbonyl (C=O) groups is 1. The molecule has 2 atom stereocenters. The number of fused-ring (bicyclic) bond motifs is 1. The number of hydrogen-bond donors (Lipinski definition) is 3. The van der Waals surface area contributed by atoms with Crippen LogP contribution in [0.1, 0.15) is 30.3 Å². The Labute approximate surface area is 175 Å². The van der Waals surface area contributed by atoms with Crippen LogP contribution in [0.5, 0.6) is 0 Å². The molecule has 1 aliphatic heterocycles. The average molecular weight is 411 g/mol. The average Bonchev–Trinajstić information content (AvgIpc) is 3.14. The highest BCUT2D eigenvalue weighted by Gasteiger charge is 2.30. The van der Waals surface area contributed by atoms with Crippen LogP contribution in [-0.4, -0.2) is 40.5 Å². The first-order valence-corrected chi connectivity index (χ1v) is 9.35. The minimum absolute atomic E-state index is 0. The van der Waals surface area contributed by atoms with E-state index in [2.05, 4.69) is 33.6 Å². The number of aromatic nitrogens is 2. The van der Waals surface area contributed by atoms with Gasteiger partial charge in [-0.1, -0.05) is 12.1 Å². The van der Waals surface area contributed by atoms with Gasteiger partial charge in [-0.05, 0) is 56.3 Å². The summed E-state index contributed by atoms with van der Waals surface area (Å²) >= 11 is 0. The quantitative estimate of drug-likeness (QED) is 0.611. The topological polar surface area (TPSA) is 96.8 Å². The van der Waals surface area contributed by atoms with Gasteiger partial charge in [0.05, 0.1) is 28.7 Å². The molecule has 0 aliphatic carbocycles. The molecule has 3 aromatic rings. The maximum Gasteiger partial charge on any atom is 0.319 e. The minimum atomic E-state index is -0.234. The van der Waals surface area contributed by atoms with Crippen LogP contribution in [0.2, 0.25) is 0 Å². The minimum Gasteiger partial charge on any atom is -0.341 e. The van der Waals surface area contributed by atoms with E-state index in [1.165, 1.54) is 0 Å². The Hall–Kier alpha value is -3.08. The third kappa shape index (κ3) is 4.67. The number of amides is 2. The number of carbonyl (C=O) groups excluding carboxylic acids is 1. The number of urea groups is 1. The van der Waals surface area contributed by atoms with Gasteiger partial charge >= 0.3 is 6.03 Å². The van der Waals surface area contributed by atoms with Crippen LogP contribution < -0.4 is 10.6 Å². The second-order valence-electron chi connectivity index (χ2n) is 7.14. The van der Waals surface area contributed by atoms with Crippen molar-refractivity contribution in [2.45, 2.75) is 24.9 Å². The fourth-order valence-electron chi connectivity index (χ4n) is 3.65. The largest absolute Gasteiger partial charge is 0.341 e. The molecule has 29 heavy (non-hydrogen) atoms. The number of H-pyrrole nitrogens is 1. The maximum absolute atomic E-state index is 12.4. The molecule has 3 N–H and O–H groups in total. The van der Waals surface area contributed by atoms with Gasteiger partial charge in [-0.3, -0.25) is 4.90 Å². The Balaban J connectivity index is 0.00000240. The predicted molar refractivity (Wildman–Crippen MR) is 115 cm³/mol. The summed E-state index contributed by atoms with van der Waals surface area (Å²) in [5, 5.41) is 14.7. The molecule has 2 heterocycles. The number of nitriles is 1. The lowest BCUT2D eigenvalue weighted by Gasteiger charge is -2.36. The summed E-state index contributed by atoms with van der Waals surface area (Å²) in [5.41, 5.74) is 3.22. The number of hydrogen-bond acceptors (Lipinski definition) is 4. The lowest BCUT2D eigenvalue weighted by molar-refractivity contribution is 0.153. The second-order valence-corrected chi connectivity index (χ2v) is 7.14. The molecular weight excluding hydrogens is 388 g/mol. The van der Waals surface area contributed by atoms with Gasteiger partial charge < -0.3 is 15.6 Å². The number of piperidine rings is 1. The maximum atomic E-state index is 12.4. The van der Waals surface area contributed by atoms with E-state index in [1.54, 1.807) is 24.3 Å². The molecule has 7 nitrogen and oxygen atoms in total. The molecule has 1 aromatic heterocycles. The normalized spacial score (nSPS) is 19.2. The summed E-state index contributed by atoms with van der Waals surface area (Å²) in [7, 11) is 2.09. The molecule has 1 fully saturated rings. The summed E-state index contributed by atoms with van der Waals surface area (Å²) in [6.07, 6.45) is 1.67. The predicted octanol–water partition coefficient (Wildman–Crippen LogP) is 3.81. The van der Waals surface area contributed by atoms with E-state index in [0.717, 1.165) is 36.2 Å². The SMILES string of the molecule is CN1CC[C@@H](NC(=O)Nc2ccc(C#N)cc2)C[C@@H]1c1nc2ccccc2[nH]1.Cl. The van der Waals surface area contributed by atoms with E-state index in [1.807, 2.05) is 24.3 Å². The van der Waals surface area contributed by atoms with Crippen LogP contribution >= 0.6 is 12.4 Å². The molecule has 8 heteroatoms. The highest BCUT2D eigenvalue weighted by atomic mass is 35.5. The molecule has 2 amide bonds. The molecule has 150 valence electrons. The van der Waals surface area contributed by atoms with Gasteiger partial charge in [-0.2, -0.15) is 5.26 Å². The lowest BCUT2D eigenvalue weighted by atomic mass is 9.97. The van der Waals surface area contributed by atoms with Crippen LogP contribution in [0, 0.1) is 11.3 Å². The first kappa shape index (κ1) is 20.6. The molecule has 0 bridgehead atoms. The van der Waals surface area contributed by atoms with Crippen molar-refractivity contribution in [3.8, 4) is 6.07 Å². The van der Waals surface area contributed by atoms with Gasteiger partial charge in [0.2, 0.25) is 0 Å². The molecule has 0 spiro atoms. The Kier molecular flexibility index (Phi) is 6.37. The van der Waals surface area contributed by atoms with Crippen molar-refractivity contribution in [1.29, 1.82) is 5.26 Å². The summed E-state index contributed by atoms with van der Waals surface area (Å²) in [5.74, 6) is 0.933. The first-order chi connectivity index (χ1) is 13.6. The molecule has 1 aliphatic rings. The van der Waals surface area contributed by atoms with Crippen LogP contribution in [0.15, 0.2) is 48.5 Å². The third-order valence-electron chi connectivity index (χ3n) is 5.20. The molecular formula is C21H23ClN6O. The highest BCUT2D eigenvalue weighted by Crippen LogP contribution is 2.29. The van der Waals surface area contributed by atoms with E-state index in [4.69, 9.17) is 10.2 Å². The smallest absolute Gasteiger partial charge is 0.319 e. The van der Waals surface area contributed by atoms with Gasteiger partial charge in [0, 0.05) is 18.3 Å². The highest BCUT2D eigenvalue weighted by molar-refractivity contribution is 5.89. The molecule has 0 radical (unpaired) electrons. The van der Waals surface area contributed by atoms with E-state index in [0.29, 0.717) is 11.3 Å². The zero-order valence-electron chi connectivity index (χ0n) is 16.1. The van der Waals surface area contributed by atoms with Crippen molar-refractivity contribution in [3.63, 3.8) is 0 Å². The third-order valence-corrected chi connectivity index (χ3v) is 5.20. The second kappa shape index (κ2) is 8.95. The van der Waals surface area contributed by atoms with Gasteiger partial charge in [0.25, 0.3) is 0 Å². The van der Waals surface area contributed by atoms with Crippen LogP contribution in [-0.2, 0) is 0 Å². The van der Waals surface area contributed by atoms with Crippen molar-refractivity contribution in [3.05, 3.63) is 59.9 Å². The Morgan fingerprint density at radius 3 is 2.72 bits per heavy atom. The van der Waals surface area contributed by atoms with E-state index >= 15 is 0 Å². The number of nitrogens with zero attached hydrogens (tertiary/aromatic N) is 3. The zero-order valence-corrected chi connectivity index (χ0v) is 16.9. The number of likely N-dealkylation sites (tertiary alicyclic amines) is 1. The van der Waals surface area contributed by atoms with E-state index < -0.39 is 0 Å². The monoisotopic (exact) mass is 410 g/mol. The van der Waals surface area contributed by atoms with Gasteiger partial charge in [-0.25, -0.2) is 9.78 Å². The number of halogens is 1. The Bertz CT molecular complexity index is 993. The fourth-order valence-corrected chi connectivity index (χ4v) is 3.65.